The maximum Gasteiger partial charge on any atom is 0.105 e. The Morgan fingerprint density at radius 3 is 2.44 bits per heavy atom. The van der Waals surface area contributed by atoms with Gasteiger partial charge in [0.2, 0.25) is 0 Å². The summed E-state index contributed by atoms with van der Waals surface area (Å²) in [6, 6.07) is 14.2. The number of rotatable bonds is 3. The number of halogens is 1. The van der Waals surface area contributed by atoms with Crippen LogP contribution in [-0.2, 0) is 6.42 Å². The van der Waals surface area contributed by atoms with Gasteiger partial charge in [0.25, 0.3) is 0 Å². The molecule has 0 aliphatic heterocycles. The molecule has 2 N–H and O–H groups in total. The van der Waals surface area contributed by atoms with Crippen molar-refractivity contribution in [1.82, 2.24) is 0 Å². The number of aryl methyl sites for hydroxylation is 1. The minimum absolute atomic E-state index is 0.245. The first-order chi connectivity index (χ1) is 12.1. The molecule has 2 bridgehead atoms. The molecular weight excluding hydrogens is 330 g/mol. The Balaban J connectivity index is 1.80. The quantitative estimate of drug-likeness (QED) is 0.670. The van der Waals surface area contributed by atoms with E-state index in [-0.39, 0.29) is 5.92 Å². The first-order valence-corrected chi connectivity index (χ1v) is 9.37. The first kappa shape index (κ1) is 16.4. The standard InChI is InChI=1S/C22H22ClNO/c1-2-13-11-15(14-5-8-18(23)9-6-14)7-10-19(13)20-21(24)16-3-4-17(12-16)22(20)25/h5-11,16-17,24-25H,2-4,12H2,1H3/t16-,17+/m1/s1. The van der Waals surface area contributed by atoms with Gasteiger partial charge in [0.15, 0.2) is 0 Å². The lowest BCUT2D eigenvalue weighted by Gasteiger charge is -2.25. The third kappa shape index (κ3) is 2.79. The Morgan fingerprint density at radius 2 is 1.72 bits per heavy atom. The summed E-state index contributed by atoms with van der Waals surface area (Å²) in [6.07, 6.45) is 3.85. The van der Waals surface area contributed by atoms with Gasteiger partial charge in [-0.2, -0.15) is 0 Å². The second kappa shape index (κ2) is 6.34. The monoisotopic (exact) mass is 351 g/mol. The molecule has 2 atom stereocenters. The van der Waals surface area contributed by atoms with Gasteiger partial charge in [0.05, 0.1) is 0 Å². The van der Waals surface area contributed by atoms with E-state index in [0.717, 1.165) is 53.0 Å². The smallest absolute Gasteiger partial charge is 0.105 e. The number of nitrogens with one attached hydrogen (secondary N) is 1. The van der Waals surface area contributed by atoms with Crippen LogP contribution in [0.1, 0.15) is 37.3 Å². The van der Waals surface area contributed by atoms with Crippen LogP contribution in [0.25, 0.3) is 16.7 Å². The van der Waals surface area contributed by atoms with E-state index in [0.29, 0.717) is 17.4 Å². The molecule has 2 nitrogen and oxygen atoms in total. The molecule has 1 fully saturated rings. The number of hydrogen-bond acceptors (Lipinski definition) is 2. The summed E-state index contributed by atoms with van der Waals surface area (Å²) in [6.45, 7) is 2.13. The van der Waals surface area contributed by atoms with Gasteiger partial charge < -0.3 is 10.5 Å². The highest BCUT2D eigenvalue weighted by atomic mass is 35.5. The molecule has 25 heavy (non-hydrogen) atoms. The molecule has 0 heterocycles. The largest absolute Gasteiger partial charge is 0.511 e. The van der Waals surface area contributed by atoms with Crippen LogP contribution in [0.15, 0.2) is 48.2 Å². The summed E-state index contributed by atoms with van der Waals surface area (Å²) in [5.74, 6) is 0.999. The fraction of sp³-hybridized carbons (Fsp3) is 0.318. The molecule has 3 heteroatoms. The van der Waals surface area contributed by atoms with Crippen LogP contribution in [0.3, 0.4) is 0 Å². The number of hydrogen-bond donors (Lipinski definition) is 2. The summed E-state index contributed by atoms with van der Waals surface area (Å²) in [5, 5.41) is 20.1. The lowest BCUT2D eigenvalue weighted by Crippen LogP contribution is -2.21. The fourth-order valence-corrected chi connectivity index (χ4v) is 4.40. The predicted octanol–water partition coefficient (Wildman–Crippen LogP) is 6.29. The molecule has 0 aromatic heterocycles. The second-order valence-corrected chi connectivity index (χ2v) is 7.55. The maximum absolute atomic E-state index is 10.7. The van der Waals surface area contributed by atoms with Crippen LogP contribution >= 0.6 is 11.6 Å². The molecule has 128 valence electrons. The van der Waals surface area contributed by atoms with E-state index in [2.05, 4.69) is 25.1 Å². The van der Waals surface area contributed by atoms with Crippen molar-refractivity contribution in [3.8, 4) is 11.1 Å². The average Bonchev–Trinajstić information content (AvgIpc) is 3.08. The number of benzene rings is 2. The van der Waals surface area contributed by atoms with Gasteiger partial charge in [-0.15, -0.1) is 0 Å². The summed E-state index contributed by atoms with van der Waals surface area (Å²) < 4.78 is 0. The summed E-state index contributed by atoms with van der Waals surface area (Å²) >= 11 is 5.99. The summed E-state index contributed by atoms with van der Waals surface area (Å²) in [7, 11) is 0. The zero-order valence-corrected chi connectivity index (χ0v) is 15.1. The Labute approximate surface area is 153 Å². The average molecular weight is 352 g/mol. The minimum Gasteiger partial charge on any atom is -0.511 e. The van der Waals surface area contributed by atoms with E-state index in [4.69, 9.17) is 17.0 Å². The minimum atomic E-state index is 0.245. The zero-order valence-electron chi connectivity index (χ0n) is 14.3. The van der Waals surface area contributed by atoms with Crippen molar-refractivity contribution in [2.45, 2.75) is 32.6 Å². The highest BCUT2D eigenvalue weighted by Crippen LogP contribution is 2.46. The van der Waals surface area contributed by atoms with E-state index < -0.39 is 0 Å². The fourth-order valence-electron chi connectivity index (χ4n) is 4.27. The van der Waals surface area contributed by atoms with Gasteiger partial charge in [-0.25, -0.2) is 0 Å². The molecule has 2 aliphatic carbocycles. The first-order valence-electron chi connectivity index (χ1n) is 8.99. The van der Waals surface area contributed by atoms with Crippen molar-refractivity contribution in [1.29, 1.82) is 5.41 Å². The predicted molar refractivity (Wildman–Crippen MR) is 104 cm³/mol. The van der Waals surface area contributed by atoms with E-state index in [9.17, 15) is 5.11 Å². The molecule has 0 spiro atoms. The van der Waals surface area contributed by atoms with E-state index >= 15 is 0 Å². The lowest BCUT2D eigenvalue weighted by molar-refractivity contribution is 0.330. The Kier molecular flexibility index (Phi) is 4.16. The number of aliphatic hydroxyl groups is 1. The molecule has 4 rings (SSSR count). The van der Waals surface area contributed by atoms with E-state index in [1.807, 2.05) is 24.3 Å². The molecule has 0 amide bonds. The zero-order chi connectivity index (χ0) is 17.6. The van der Waals surface area contributed by atoms with Crippen molar-refractivity contribution in [2.24, 2.45) is 11.8 Å². The van der Waals surface area contributed by atoms with Crippen LogP contribution in [0.4, 0.5) is 0 Å². The van der Waals surface area contributed by atoms with Crippen LogP contribution in [-0.4, -0.2) is 10.8 Å². The SMILES string of the molecule is CCc1cc(-c2ccc(Cl)cc2)ccc1C1=C(O)[C@H]2CC[C@H](C2)C1=N. The van der Waals surface area contributed by atoms with Crippen molar-refractivity contribution in [2.75, 3.05) is 0 Å². The van der Waals surface area contributed by atoms with Gasteiger partial charge in [-0.3, -0.25) is 0 Å². The van der Waals surface area contributed by atoms with Crippen molar-refractivity contribution >= 4 is 22.9 Å². The topological polar surface area (TPSA) is 44.1 Å². The third-order valence-corrected chi connectivity index (χ3v) is 5.94. The Hall–Kier alpha value is -2.06. The summed E-state index contributed by atoms with van der Waals surface area (Å²) in [4.78, 5) is 0. The highest BCUT2D eigenvalue weighted by Gasteiger charge is 2.39. The Morgan fingerprint density at radius 1 is 1.04 bits per heavy atom. The van der Waals surface area contributed by atoms with Crippen LogP contribution < -0.4 is 0 Å². The van der Waals surface area contributed by atoms with E-state index in [1.165, 1.54) is 5.56 Å². The molecule has 1 saturated carbocycles. The highest BCUT2D eigenvalue weighted by molar-refractivity contribution is 6.30. The molecule has 2 aromatic rings. The van der Waals surface area contributed by atoms with Crippen molar-refractivity contribution in [3.63, 3.8) is 0 Å². The normalized spacial score (nSPS) is 22.6. The number of allylic oxidation sites excluding steroid dienone is 2. The van der Waals surface area contributed by atoms with Crippen molar-refractivity contribution < 1.29 is 5.11 Å². The molecular formula is C22H22ClNO. The molecule has 2 aromatic carbocycles. The molecule has 0 saturated heterocycles. The lowest BCUT2D eigenvalue weighted by atomic mass is 9.80. The number of fused-ring (bicyclic) bond motifs is 2. The maximum atomic E-state index is 10.7. The molecule has 2 aliphatic rings. The number of aliphatic hydroxyl groups excluding tert-OH is 1. The van der Waals surface area contributed by atoms with Gasteiger partial charge in [0, 0.05) is 28.1 Å². The summed E-state index contributed by atoms with van der Waals surface area (Å²) in [5.41, 5.74) is 5.89. The molecule has 0 unspecified atom stereocenters. The third-order valence-electron chi connectivity index (χ3n) is 5.69. The van der Waals surface area contributed by atoms with Gasteiger partial charge >= 0.3 is 0 Å². The van der Waals surface area contributed by atoms with Gasteiger partial charge in [-0.1, -0.05) is 48.9 Å². The molecule has 0 radical (unpaired) electrons. The van der Waals surface area contributed by atoms with Gasteiger partial charge in [-0.05, 0) is 60.1 Å². The van der Waals surface area contributed by atoms with E-state index in [1.54, 1.807) is 0 Å². The van der Waals surface area contributed by atoms with Crippen molar-refractivity contribution in [3.05, 3.63) is 64.4 Å². The van der Waals surface area contributed by atoms with Crippen LogP contribution in [0.2, 0.25) is 5.02 Å². The second-order valence-electron chi connectivity index (χ2n) is 7.11. The van der Waals surface area contributed by atoms with Gasteiger partial charge in [0.1, 0.15) is 5.76 Å². The van der Waals surface area contributed by atoms with Crippen LogP contribution in [0.5, 0.6) is 0 Å². The van der Waals surface area contributed by atoms with Crippen LogP contribution in [0, 0.1) is 17.2 Å². The Bertz CT molecular complexity index is 866.